The van der Waals surface area contributed by atoms with E-state index in [1.165, 1.54) is 0 Å². The maximum absolute atomic E-state index is 12.8. The molecule has 2 rings (SSSR count). The Labute approximate surface area is 158 Å². The first-order valence-corrected chi connectivity index (χ1v) is 8.95. The summed E-state index contributed by atoms with van der Waals surface area (Å²) >= 11 is 0.843. The van der Waals surface area contributed by atoms with E-state index in [1.54, 1.807) is 29.2 Å². The van der Waals surface area contributed by atoms with E-state index in [1.807, 2.05) is 19.9 Å². The monoisotopic (exact) mass is 398 g/mol. The minimum Gasteiger partial charge on any atom is -0.309 e. The Kier molecular flexibility index (Phi) is 6.48. The third-order valence-corrected chi connectivity index (χ3v) is 4.70. The molecular formula is C18H17F3N2O3S. The van der Waals surface area contributed by atoms with Gasteiger partial charge in [0.2, 0.25) is 5.91 Å². The lowest BCUT2D eigenvalue weighted by atomic mass is 10.2. The number of thioether (sulfide) groups is 1. The lowest BCUT2D eigenvalue weighted by Crippen LogP contribution is -2.38. The molecule has 0 aliphatic heterocycles. The predicted octanol–water partition coefficient (Wildman–Crippen LogP) is 5.15. The summed E-state index contributed by atoms with van der Waals surface area (Å²) in [6.45, 7) is 3.66. The second-order valence-corrected chi connectivity index (χ2v) is 6.94. The molecule has 0 fully saturated rings. The Bertz CT molecular complexity index is 826. The van der Waals surface area contributed by atoms with E-state index >= 15 is 0 Å². The molecule has 0 radical (unpaired) electrons. The molecule has 0 saturated heterocycles. The summed E-state index contributed by atoms with van der Waals surface area (Å²) in [5.74, 6) is -0.436. The summed E-state index contributed by atoms with van der Waals surface area (Å²) in [4.78, 5) is 24.4. The number of alkyl halides is 3. The summed E-state index contributed by atoms with van der Waals surface area (Å²) in [5, 5.41) is 11.1. The molecule has 2 aromatic carbocycles. The third kappa shape index (κ3) is 5.22. The summed E-state index contributed by atoms with van der Waals surface area (Å²) < 4.78 is 38.3. The number of halogens is 3. The molecule has 0 aliphatic rings. The fourth-order valence-corrected chi connectivity index (χ4v) is 3.35. The highest BCUT2D eigenvalue weighted by atomic mass is 32.2. The molecule has 0 aromatic heterocycles. The molecule has 0 N–H and O–H groups in total. The van der Waals surface area contributed by atoms with Crippen LogP contribution < -0.4 is 4.90 Å². The zero-order chi connectivity index (χ0) is 20.2. The van der Waals surface area contributed by atoms with Crippen molar-refractivity contribution in [3.05, 3.63) is 64.2 Å². The third-order valence-electron chi connectivity index (χ3n) is 3.65. The van der Waals surface area contributed by atoms with E-state index in [0.717, 1.165) is 23.9 Å². The van der Waals surface area contributed by atoms with Crippen molar-refractivity contribution >= 4 is 29.0 Å². The van der Waals surface area contributed by atoms with Gasteiger partial charge in [0.1, 0.15) is 0 Å². The Balaban J connectivity index is 2.22. The molecule has 0 atom stereocenters. The van der Waals surface area contributed by atoms with Crippen molar-refractivity contribution in [2.75, 3.05) is 10.7 Å². The zero-order valence-electron chi connectivity index (χ0n) is 14.6. The topological polar surface area (TPSA) is 63.5 Å². The van der Waals surface area contributed by atoms with Crippen molar-refractivity contribution in [3.63, 3.8) is 0 Å². The van der Waals surface area contributed by atoms with Crippen LogP contribution in [0.4, 0.5) is 24.5 Å². The van der Waals surface area contributed by atoms with Gasteiger partial charge in [-0.25, -0.2) is 0 Å². The van der Waals surface area contributed by atoms with Crippen LogP contribution in [0.1, 0.15) is 19.4 Å². The molecule has 1 amide bonds. The van der Waals surface area contributed by atoms with E-state index in [2.05, 4.69) is 0 Å². The first-order chi connectivity index (χ1) is 12.6. The van der Waals surface area contributed by atoms with Gasteiger partial charge in [0, 0.05) is 17.8 Å². The highest BCUT2D eigenvalue weighted by Gasteiger charge is 2.33. The molecule has 0 saturated carbocycles. The molecule has 0 spiro atoms. The normalized spacial score (nSPS) is 11.5. The maximum Gasteiger partial charge on any atom is 0.416 e. The first-order valence-electron chi connectivity index (χ1n) is 7.97. The van der Waals surface area contributed by atoms with Crippen LogP contribution in [0.15, 0.2) is 53.4 Å². The van der Waals surface area contributed by atoms with Crippen molar-refractivity contribution in [2.45, 2.75) is 31.0 Å². The molecular weight excluding hydrogens is 381 g/mol. The van der Waals surface area contributed by atoms with Gasteiger partial charge in [0.05, 0.1) is 21.1 Å². The Morgan fingerprint density at radius 3 is 2.33 bits per heavy atom. The van der Waals surface area contributed by atoms with Crippen LogP contribution in [-0.4, -0.2) is 22.6 Å². The number of nitrogens with zero attached hydrogens (tertiary/aromatic N) is 2. The van der Waals surface area contributed by atoms with Crippen molar-refractivity contribution in [3.8, 4) is 0 Å². The van der Waals surface area contributed by atoms with Gasteiger partial charge < -0.3 is 4.90 Å². The van der Waals surface area contributed by atoms with Gasteiger partial charge in [-0.15, -0.1) is 11.8 Å². The van der Waals surface area contributed by atoms with E-state index < -0.39 is 22.4 Å². The average Bonchev–Trinajstić information content (AvgIpc) is 2.59. The molecule has 0 aliphatic carbocycles. The van der Waals surface area contributed by atoms with Gasteiger partial charge in [-0.05, 0) is 38.1 Å². The minimum absolute atomic E-state index is 0.0121. The number of benzene rings is 2. The number of hydrogen-bond acceptors (Lipinski definition) is 4. The quantitative estimate of drug-likeness (QED) is 0.384. The Hall–Kier alpha value is -2.55. The second kappa shape index (κ2) is 8.43. The highest BCUT2D eigenvalue weighted by molar-refractivity contribution is 8.00. The number of para-hydroxylation sites is 1. The molecule has 27 heavy (non-hydrogen) atoms. The van der Waals surface area contributed by atoms with Gasteiger partial charge in [-0.3, -0.25) is 14.9 Å². The molecule has 5 nitrogen and oxygen atoms in total. The van der Waals surface area contributed by atoms with Crippen LogP contribution in [-0.2, 0) is 11.0 Å². The fraction of sp³-hybridized carbons (Fsp3) is 0.278. The van der Waals surface area contributed by atoms with Crippen LogP contribution in [0.2, 0.25) is 0 Å². The first kappa shape index (κ1) is 20.8. The van der Waals surface area contributed by atoms with Crippen LogP contribution >= 0.6 is 11.8 Å². The van der Waals surface area contributed by atoms with Crippen LogP contribution in [0.3, 0.4) is 0 Å². The smallest absolute Gasteiger partial charge is 0.309 e. The standard InChI is InChI=1S/C18H17F3N2O3S/c1-12(2)22(14-6-4-3-5-7-14)17(24)11-27-16-9-8-13(18(19,20)21)10-15(16)23(25)26/h3-10,12H,11H2,1-2H3. The zero-order valence-corrected chi connectivity index (χ0v) is 15.4. The molecule has 144 valence electrons. The largest absolute Gasteiger partial charge is 0.416 e. The molecule has 0 bridgehead atoms. The van der Waals surface area contributed by atoms with Crippen molar-refractivity contribution in [1.82, 2.24) is 0 Å². The van der Waals surface area contributed by atoms with E-state index in [4.69, 9.17) is 0 Å². The van der Waals surface area contributed by atoms with E-state index in [0.29, 0.717) is 11.8 Å². The number of anilines is 1. The van der Waals surface area contributed by atoms with Gasteiger partial charge in [0.15, 0.2) is 0 Å². The number of carbonyl (C=O) groups excluding carboxylic acids is 1. The van der Waals surface area contributed by atoms with Gasteiger partial charge >= 0.3 is 6.18 Å². The summed E-state index contributed by atoms with van der Waals surface area (Å²) in [6.07, 6.45) is -4.68. The highest BCUT2D eigenvalue weighted by Crippen LogP contribution is 2.36. The second-order valence-electron chi connectivity index (χ2n) is 5.92. The lowest BCUT2D eigenvalue weighted by Gasteiger charge is -2.26. The molecule has 9 heteroatoms. The Morgan fingerprint density at radius 1 is 1.19 bits per heavy atom. The summed E-state index contributed by atoms with van der Waals surface area (Å²) in [7, 11) is 0. The number of rotatable bonds is 6. The summed E-state index contributed by atoms with van der Waals surface area (Å²) in [6, 6.07) is 11.1. The average molecular weight is 398 g/mol. The van der Waals surface area contributed by atoms with E-state index in [9.17, 15) is 28.1 Å². The number of amides is 1. The number of hydrogen-bond donors (Lipinski definition) is 0. The molecule has 0 heterocycles. The van der Waals surface area contributed by atoms with Gasteiger partial charge in [-0.1, -0.05) is 18.2 Å². The van der Waals surface area contributed by atoms with Crippen molar-refractivity contribution < 1.29 is 22.9 Å². The SMILES string of the molecule is CC(C)N(C(=O)CSc1ccc(C(F)(F)F)cc1[N+](=O)[O-])c1ccccc1. The Morgan fingerprint density at radius 2 is 1.81 bits per heavy atom. The van der Waals surface area contributed by atoms with E-state index in [-0.39, 0.29) is 22.6 Å². The van der Waals surface area contributed by atoms with Gasteiger partial charge in [-0.2, -0.15) is 13.2 Å². The predicted molar refractivity (Wildman–Crippen MR) is 97.9 cm³/mol. The molecule has 2 aromatic rings. The minimum atomic E-state index is -4.68. The van der Waals surface area contributed by atoms with Gasteiger partial charge in [0.25, 0.3) is 5.69 Å². The fourth-order valence-electron chi connectivity index (χ4n) is 2.49. The van der Waals surface area contributed by atoms with Crippen LogP contribution in [0, 0.1) is 10.1 Å². The molecule has 0 unspecified atom stereocenters. The maximum atomic E-state index is 12.8. The number of nitro benzene ring substituents is 1. The van der Waals surface area contributed by atoms with Crippen molar-refractivity contribution in [1.29, 1.82) is 0 Å². The number of nitro groups is 1. The van der Waals surface area contributed by atoms with Crippen LogP contribution in [0.25, 0.3) is 0 Å². The number of carbonyl (C=O) groups is 1. The lowest BCUT2D eigenvalue weighted by molar-refractivity contribution is -0.388. The van der Waals surface area contributed by atoms with Crippen molar-refractivity contribution in [2.24, 2.45) is 0 Å². The van der Waals surface area contributed by atoms with Crippen LogP contribution in [0.5, 0.6) is 0 Å². The summed E-state index contributed by atoms with van der Waals surface area (Å²) in [5.41, 5.74) is -1.09.